The first kappa shape index (κ1) is 13.9. The number of nitriles is 1. The van der Waals surface area contributed by atoms with Crippen molar-refractivity contribution in [2.24, 2.45) is 5.92 Å². The lowest BCUT2D eigenvalue weighted by atomic mass is 10.1. The second-order valence-electron chi connectivity index (χ2n) is 4.96. The molecule has 3 nitrogen and oxygen atoms in total. The number of amides is 1. The second-order valence-corrected chi connectivity index (χ2v) is 5.37. The molecule has 0 heterocycles. The van der Waals surface area contributed by atoms with E-state index in [-0.39, 0.29) is 11.9 Å². The first-order valence-electron chi connectivity index (χ1n) is 6.57. The molecule has 100 valence electrons. The third kappa shape index (κ3) is 3.27. The molecule has 0 spiro atoms. The van der Waals surface area contributed by atoms with Crippen LogP contribution < -0.4 is 0 Å². The van der Waals surface area contributed by atoms with E-state index in [0.717, 1.165) is 0 Å². The zero-order chi connectivity index (χ0) is 13.8. The Morgan fingerprint density at radius 3 is 2.79 bits per heavy atom. The van der Waals surface area contributed by atoms with E-state index in [1.165, 1.54) is 12.8 Å². The highest BCUT2D eigenvalue weighted by molar-refractivity contribution is 6.33. The van der Waals surface area contributed by atoms with Gasteiger partial charge < -0.3 is 4.90 Å². The van der Waals surface area contributed by atoms with E-state index in [9.17, 15) is 4.79 Å². The van der Waals surface area contributed by atoms with Crippen LogP contribution in [-0.2, 0) is 0 Å². The van der Waals surface area contributed by atoms with Crippen molar-refractivity contribution in [1.29, 1.82) is 5.26 Å². The number of rotatable bonds is 5. The SMILES string of the molecule is C[C@H](C1CC1)N(CCC#N)C(=O)c1ccccc1Cl. The van der Waals surface area contributed by atoms with Crippen molar-refractivity contribution in [2.45, 2.75) is 32.2 Å². The van der Waals surface area contributed by atoms with Crippen molar-refractivity contribution in [3.05, 3.63) is 34.9 Å². The molecule has 1 saturated carbocycles. The molecule has 4 heteroatoms. The Morgan fingerprint density at radius 2 is 2.21 bits per heavy atom. The van der Waals surface area contributed by atoms with E-state index in [2.05, 4.69) is 13.0 Å². The van der Waals surface area contributed by atoms with Crippen LogP contribution in [0.25, 0.3) is 0 Å². The minimum absolute atomic E-state index is 0.0692. The Balaban J connectivity index is 2.19. The highest BCUT2D eigenvalue weighted by Gasteiger charge is 2.34. The maximum atomic E-state index is 12.6. The summed E-state index contributed by atoms with van der Waals surface area (Å²) in [5.41, 5.74) is 0.523. The van der Waals surface area contributed by atoms with Crippen molar-refractivity contribution in [2.75, 3.05) is 6.54 Å². The van der Waals surface area contributed by atoms with Gasteiger partial charge in [-0.05, 0) is 37.8 Å². The van der Waals surface area contributed by atoms with E-state index < -0.39 is 0 Å². The van der Waals surface area contributed by atoms with Crippen LogP contribution in [0.15, 0.2) is 24.3 Å². The summed E-state index contributed by atoms with van der Waals surface area (Å²) >= 11 is 6.08. The van der Waals surface area contributed by atoms with Gasteiger partial charge in [-0.2, -0.15) is 5.26 Å². The molecule has 0 unspecified atom stereocenters. The molecule has 1 aromatic carbocycles. The summed E-state index contributed by atoms with van der Waals surface area (Å²) in [4.78, 5) is 14.4. The third-order valence-corrected chi connectivity index (χ3v) is 3.96. The largest absolute Gasteiger partial charge is 0.335 e. The molecule has 1 aromatic rings. The normalized spacial score (nSPS) is 15.6. The maximum absolute atomic E-state index is 12.6. The van der Waals surface area contributed by atoms with Gasteiger partial charge in [0.2, 0.25) is 0 Å². The molecule has 1 aliphatic rings. The fraction of sp³-hybridized carbons (Fsp3) is 0.467. The van der Waals surface area contributed by atoms with Crippen LogP contribution in [-0.4, -0.2) is 23.4 Å². The average molecular weight is 277 g/mol. The van der Waals surface area contributed by atoms with Crippen LogP contribution in [0, 0.1) is 17.2 Å². The summed E-state index contributed by atoms with van der Waals surface area (Å²) in [5, 5.41) is 9.21. The minimum Gasteiger partial charge on any atom is -0.335 e. The Morgan fingerprint density at radius 1 is 1.53 bits per heavy atom. The summed E-state index contributed by atoms with van der Waals surface area (Å²) in [7, 11) is 0. The Bertz CT molecular complexity index is 505. The molecule has 0 aromatic heterocycles. The van der Waals surface area contributed by atoms with Gasteiger partial charge in [-0.15, -0.1) is 0 Å². The first-order chi connectivity index (χ1) is 9.15. The molecular formula is C15H17ClN2O. The lowest BCUT2D eigenvalue weighted by Gasteiger charge is -2.29. The van der Waals surface area contributed by atoms with E-state index in [1.54, 1.807) is 17.0 Å². The minimum atomic E-state index is -0.0692. The van der Waals surface area contributed by atoms with Crippen LogP contribution in [0.4, 0.5) is 0 Å². The molecule has 1 aliphatic carbocycles. The van der Waals surface area contributed by atoms with Gasteiger partial charge in [0.25, 0.3) is 5.91 Å². The molecular weight excluding hydrogens is 260 g/mol. The summed E-state index contributed by atoms with van der Waals surface area (Å²) in [6.45, 7) is 2.53. The molecule has 19 heavy (non-hydrogen) atoms. The van der Waals surface area contributed by atoms with Gasteiger partial charge in [-0.3, -0.25) is 4.79 Å². The first-order valence-corrected chi connectivity index (χ1v) is 6.95. The van der Waals surface area contributed by atoms with Crippen molar-refractivity contribution in [3.63, 3.8) is 0 Å². The lowest BCUT2D eigenvalue weighted by molar-refractivity contribution is 0.0677. The van der Waals surface area contributed by atoms with Gasteiger partial charge in [0.05, 0.1) is 23.1 Å². The zero-order valence-electron chi connectivity index (χ0n) is 11.0. The molecule has 1 fully saturated rings. The van der Waals surface area contributed by atoms with Crippen molar-refractivity contribution >= 4 is 17.5 Å². The van der Waals surface area contributed by atoms with Crippen LogP contribution in [0.1, 0.15) is 36.5 Å². The number of carbonyl (C=O) groups is 1. The van der Waals surface area contributed by atoms with Crippen LogP contribution in [0.2, 0.25) is 5.02 Å². The van der Waals surface area contributed by atoms with Crippen molar-refractivity contribution in [3.8, 4) is 6.07 Å². The molecule has 0 bridgehead atoms. The number of hydrogen-bond acceptors (Lipinski definition) is 2. The van der Waals surface area contributed by atoms with Crippen LogP contribution in [0.5, 0.6) is 0 Å². The van der Waals surface area contributed by atoms with Crippen molar-refractivity contribution in [1.82, 2.24) is 4.90 Å². The molecule has 2 rings (SSSR count). The van der Waals surface area contributed by atoms with E-state index in [4.69, 9.17) is 16.9 Å². The molecule has 0 saturated heterocycles. The lowest BCUT2D eigenvalue weighted by Crippen LogP contribution is -2.40. The number of benzene rings is 1. The van der Waals surface area contributed by atoms with Crippen molar-refractivity contribution < 1.29 is 4.79 Å². The maximum Gasteiger partial charge on any atom is 0.255 e. The molecule has 1 amide bonds. The van der Waals surface area contributed by atoms with E-state index in [0.29, 0.717) is 29.5 Å². The fourth-order valence-corrected chi connectivity index (χ4v) is 2.50. The van der Waals surface area contributed by atoms with Gasteiger partial charge in [0.1, 0.15) is 0 Å². The number of hydrogen-bond donors (Lipinski definition) is 0. The van der Waals surface area contributed by atoms with Gasteiger partial charge in [0.15, 0.2) is 0 Å². The smallest absolute Gasteiger partial charge is 0.255 e. The summed E-state index contributed by atoms with van der Waals surface area (Å²) in [6, 6.07) is 9.36. The Labute approximate surface area is 118 Å². The van der Waals surface area contributed by atoms with Gasteiger partial charge in [0, 0.05) is 12.6 Å². The number of halogens is 1. The molecule has 0 aliphatic heterocycles. The van der Waals surface area contributed by atoms with Gasteiger partial charge in [-0.25, -0.2) is 0 Å². The van der Waals surface area contributed by atoms with Crippen LogP contribution in [0.3, 0.4) is 0 Å². The van der Waals surface area contributed by atoms with E-state index in [1.807, 2.05) is 12.1 Å². The number of carbonyl (C=O) groups excluding carboxylic acids is 1. The van der Waals surface area contributed by atoms with Gasteiger partial charge >= 0.3 is 0 Å². The standard InChI is InChI=1S/C15H17ClN2O/c1-11(12-7-8-12)18(10-4-9-17)15(19)13-5-2-3-6-14(13)16/h2-3,5-6,11-12H,4,7-8,10H2,1H3/t11-/m1/s1. The topological polar surface area (TPSA) is 44.1 Å². The quantitative estimate of drug-likeness (QED) is 0.826. The second kappa shape index (κ2) is 6.08. The molecule has 1 atom stereocenters. The summed E-state index contributed by atoms with van der Waals surface area (Å²) in [6.07, 6.45) is 2.69. The fourth-order valence-electron chi connectivity index (χ4n) is 2.28. The Hall–Kier alpha value is -1.53. The summed E-state index contributed by atoms with van der Waals surface area (Å²) < 4.78 is 0. The third-order valence-electron chi connectivity index (χ3n) is 3.63. The summed E-state index contributed by atoms with van der Waals surface area (Å²) in [5.74, 6) is 0.505. The molecule has 0 radical (unpaired) electrons. The zero-order valence-corrected chi connectivity index (χ0v) is 11.7. The van der Waals surface area contributed by atoms with Crippen LogP contribution >= 0.6 is 11.6 Å². The predicted octanol–water partition coefficient (Wildman–Crippen LogP) is 3.49. The van der Waals surface area contributed by atoms with Gasteiger partial charge in [-0.1, -0.05) is 23.7 Å². The average Bonchev–Trinajstić information content (AvgIpc) is 3.23. The van der Waals surface area contributed by atoms with E-state index >= 15 is 0 Å². The highest BCUT2D eigenvalue weighted by Crippen LogP contribution is 2.36. The predicted molar refractivity (Wildman–Crippen MR) is 74.9 cm³/mol. The molecule has 0 N–H and O–H groups in total. The number of nitrogens with zero attached hydrogens (tertiary/aromatic N) is 2. The Kier molecular flexibility index (Phi) is 4.44. The monoisotopic (exact) mass is 276 g/mol. The highest BCUT2D eigenvalue weighted by atomic mass is 35.5.